The largest absolute Gasteiger partial charge is 0.481 e. The number of unbranched alkanes of at least 4 members (excludes halogenated alkanes) is 2. The van der Waals surface area contributed by atoms with Crippen LogP contribution in [-0.4, -0.2) is 33.5 Å². The Morgan fingerprint density at radius 3 is 1.92 bits per heavy atom. The Bertz CT molecular complexity index is 421. The monoisotopic (exact) mass is 336 g/mol. The third-order valence-electron chi connectivity index (χ3n) is 3.43. The molecule has 0 rings (SSSR count). The molecule has 0 aromatic carbocycles. The second-order valence-corrected chi connectivity index (χ2v) is 5.78. The standard InChI is InChI=1S/C20H32O4/c1-2-3-9-13-18(21)14-10-7-5-4-6-8-11-15-19(22)16-12-17-20(23)24/h5-8,10-11,14-15,18-19,21-22H,2-4,9,12-13,16-17H2,1H3,(H,23,24)/b7-5-,8-6-,14-10+,15-11+/t18-,19-/m0/s1. The second-order valence-electron chi connectivity index (χ2n) is 5.78. The molecule has 4 nitrogen and oxygen atoms in total. The Hall–Kier alpha value is -1.65. The Kier molecular flexibility index (Phi) is 15.1. The molecule has 0 saturated heterocycles. The van der Waals surface area contributed by atoms with Crippen molar-refractivity contribution >= 4 is 5.97 Å². The van der Waals surface area contributed by atoms with E-state index in [2.05, 4.69) is 6.92 Å². The molecule has 0 aliphatic heterocycles. The number of carbonyl (C=O) groups is 1. The van der Waals surface area contributed by atoms with Crippen molar-refractivity contribution in [2.24, 2.45) is 0 Å². The van der Waals surface area contributed by atoms with Gasteiger partial charge in [0, 0.05) is 6.42 Å². The number of aliphatic carboxylic acids is 1. The van der Waals surface area contributed by atoms with Crippen LogP contribution in [0.1, 0.15) is 58.3 Å². The Balaban J connectivity index is 3.75. The van der Waals surface area contributed by atoms with E-state index in [9.17, 15) is 15.0 Å². The van der Waals surface area contributed by atoms with Gasteiger partial charge in [-0.2, -0.15) is 0 Å². The summed E-state index contributed by atoms with van der Waals surface area (Å²) in [7, 11) is 0. The smallest absolute Gasteiger partial charge is 0.303 e. The van der Waals surface area contributed by atoms with Gasteiger partial charge in [0.1, 0.15) is 0 Å². The third-order valence-corrected chi connectivity index (χ3v) is 3.43. The molecule has 2 atom stereocenters. The topological polar surface area (TPSA) is 77.8 Å². The highest BCUT2D eigenvalue weighted by Crippen LogP contribution is 2.04. The molecular formula is C20H32O4. The fourth-order valence-corrected chi connectivity index (χ4v) is 2.04. The molecule has 24 heavy (non-hydrogen) atoms. The fraction of sp³-hybridized carbons (Fsp3) is 0.550. The summed E-state index contributed by atoms with van der Waals surface area (Å²) in [5.41, 5.74) is 0. The number of carboxylic acids is 1. The molecule has 0 aliphatic carbocycles. The van der Waals surface area contributed by atoms with E-state index in [1.807, 2.05) is 36.5 Å². The lowest BCUT2D eigenvalue weighted by atomic mass is 10.1. The van der Waals surface area contributed by atoms with E-state index in [0.717, 1.165) is 32.1 Å². The van der Waals surface area contributed by atoms with Gasteiger partial charge in [0.25, 0.3) is 0 Å². The summed E-state index contributed by atoms with van der Waals surface area (Å²) >= 11 is 0. The van der Waals surface area contributed by atoms with Crippen LogP contribution in [0.4, 0.5) is 0 Å². The molecule has 0 amide bonds. The van der Waals surface area contributed by atoms with Crippen molar-refractivity contribution in [1.82, 2.24) is 0 Å². The summed E-state index contributed by atoms with van der Waals surface area (Å²) in [5, 5.41) is 27.8. The SMILES string of the molecule is CCCCC[C@H](O)/C=C/C=C\C/C=C\C=C\[C@H](O)CCCC(=O)O. The van der Waals surface area contributed by atoms with Crippen LogP contribution in [0.2, 0.25) is 0 Å². The molecule has 0 aliphatic rings. The van der Waals surface area contributed by atoms with Crippen LogP contribution in [0.25, 0.3) is 0 Å². The summed E-state index contributed by atoms with van der Waals surface area (Å²) in [6.45, 7) is 2.15. The lowest BCUT2D eigenvalue weighted by Crippen LogP contribution is -2.03. The average molecular weight is 336 g/mol. The fourth-order valence-electron chi connectivity index (χ4n) is 2.04. The van der Waals surface area contributed by atoms with E-state index in [-0.39, 0.29) is 12.5 Å². The number of hydrogen-bond acceptors (Lipinski definition) is 3. The maximum atomic E-state index is 10.3. The van der Waals surface area contributed by atoms with Crippen LogP contribution in [0.15, 0.2) is 48.6 Å². The van der Waals surface area contributed by atoms with Gasteiger partial charge in [0.05, 0.1) is 12.2 Å². The van der Waals surface area contributed by atoms with Crippen molar-refractivity contribution in [1.29, 1.82) is 0 Å². The summed E-state index contributed by atoms with van der Waals surface area (Å²) < 4.78 is 0. The number of aliphatic hydroxyl groups is 2. The molecule has 0 unspecified atom stereocenters. The first-order valence-electron chi connectivity index (χ1n) is 8.80. The van der Waals surface area contributed by atoms with Crippen molar-refractivity contribution in [3.05, 3.63) is 48.6 Å². The average Bonchev–Trinajstić information content (AvgIpc) is 2.53. The molecule has 136 valence electrons. The van der Waals surface area contributed by atoms with Gasteiger partial charge in [-0.05, 0) is 25.7 Å². The van der Waals surface area contributed by atoms with E-state index < -0.39 is 12.1 Å². The number of hydrogen-bond donors (Lipinski definition) is 3. The Morgan fingerprint density at radius 1 is 0.875 bits per heavy atom. The highest BCUT2D eigenvalue weighted by Gasteiger charge is 2.01. The summed E-state index contributed by atoms with van der Waals surface area (Å²) in [4.78, 5) is 10.3. The molecule has 0 heterocycles. The van der Waals surface area contributed by atoms with Crippen molar-refractivity contribution in [2.45, 2.75) is 70.5 Å². The van der Waals surface area contributed by atoms with E-state index in [0.29, 0.717) is 12.8 Å². The highest BCUT2D eigenvalue weighted by molar-refractivity contribution is 5.66. The zero-order chi connectivity index (χ0) is 18.0. The first kappa shape index (κ1) is 22.4. The van der Waals surface area contributed by atoms with Gasteiger partial charge in [-0.15, -0.1) is 0 Å². The lowest BCUT2D eigenvalue weighted by molar-refractivity contribution is -0.137. The zero-order valence-corrected chi connectivity index (χ0v) is 14.7. The molecule has 0 aromatic rings. The summed E-state index contributed by atoms with van der Waals surface area (Å²) in [6.07, 6.45) is 19.9. The van der Waals surface area contributed by atoms with Gasteiger partial charge in [-0.1, -0.05) is 74.8 Å². The van der Waals surface area contributed by atoms with Crippen molar-refractivity contribution < 1.29 is 20.1 Å². The molecule has 4 heteroatoms. The molecular weight excluding hydrogens is 304 g/mol. The van der Waals surface area contributed by atoms with Crippen molar-refractivity contribution in [3.63, 3.8) is 0 Å². The Labute approximate surface area is 145 Å². The highest BCUT2D eigenvalue weighted by atomic mass is 16.4. The number of rotatable bonds is 14. The van der Waals surface area contributed by atoms with Gasteiger partial charge in [0.15, 0.2) is 0 Å². The molecule has 0 saturated carbocycles. The number of aliphatic hydroxyl groups excluding tert-OH is 2. The predicted octanol–water partition coefficient (Wildman–Crippen LogP) is 4.16. The quantitative estimate of drug-likeness (QED) is 0.329. The van der Waals surface area contributed by atoms with E-state index in [4.69, 9.17) is 5.11 Å². The predicted molar refractivity (Wildman–Crippen MR) is 98.8 cm³/mol. The van der Waals surface area contributed by atoms with Gasteiger partial charge in [-0.3, -0.25) is 4.79 Å². The Morgan fingerprint density at radius 2 is 1.42 bits per heavy atom. The van der Waals surface area contributed by atoms with Crippen molar-refractivity contribution in [3.8, 4) is 0 Å². The van der Waals surface area contributed by atoms with Crippen LogP contribution in [-0.2, 0) is 4.79 Å². The molecule has 0 aromatic heterocycles. The molecule has 0 bridgehead atoms. The van der Waals surface area contributed by atoms with Gasteiger partial charge < -0.3 is 15.3 Å². The minimum atomic E-state index is -0.833. The minimum absolute atomic E-state index is 0.0896. The number of allylic oxidation sites excluding steroid dienone is 6. The van der Waals surface area contributed by atoms with E-state index in [1.165, 1.54) is 0 Å². The van der Waals surface area contributed by atoms with Gasteiger partial charge in [0.2, 0.25) is 0 Å². The molecule has 0 spiro atoms. The minimum Gasteiger partial charge on any atom is -0.481 e. The zero-order valence-electron chi connectivity index (χ0n) is 14.7. The second kappa shape index (κ2) is 16.2. The number of carboxylic acid groups (broad SMARTS) is 1. The van der Waals surface area contributed by atoms with Gasteiger partial charge in [-0.25, -0.2) is 0 Å². The van der Waals surface area contributed by atoms with Crippen LogP contribution >= 0.6 is 0 Å². The summed E-state index contributed by atoms with van der Waals surface area (Å²) in [5.74, 6) is -0.833. The molecule has 0 radical (unpaired) electrons. The van der Waals surface area contributed by atoms with E-state index >= 15 is 0 Å². The van der Waals surface area contributed by atoms with Crippen LogP contribution < -0.4 is 0 Å². The van der Waals surface area contributed by atoms with E-state index in [1.54, 1.807) is 12.2 Å². The van der Waals surface area contributed by atoms with Crippen LogP contribution in [0.3, 0.4) is 0 Å². The van der Waals surface area contributed by atoms with Crippen LogP contribution in [0, 0.1) is 0 Å². The molecule has 3 N–H and O–H groups in total. The third kappa shape index (κ3) is 16.7. The normalized spacial score (nSPS) is 15.1. The van der Waals surface area contributed by atoms with Crippen LogP contribution in [0.5, 0.6) is 0 Å². The maximum absolute atomic E-state index is 10.3. The first-order chi connectivity index (χ1) is 11.6. The van der Waals surface area contributed by atoms with Crippen molar-refractivity contribution in [2.75, 3.05) is 0 Å². The van der Waals surface area contributed by atoms with Gasteiger partial charge >= 0.3 is 5.97 Å². The lowest BCUT2D eigenvalue weighted by Gasteiger charge is -2.02. The molecule has 0 fully saturated rings. The summed E-state index contributed by atoms with van der Waals surface area (Å²) in [6, 6.07) is 0. The maximum Gasteiger partial charge on any atom is 0.303 e. The first-order valence-corrected chi connectivity index (χ1v) is 8.80.